The summed E-state index contributed by atoms with van der Waals surface area (Å²) in [6.07, 6.45) is 0. The Balaban J connectivity index is 1.44. The lowest BCUT2D eigenvalue weighted by Gasteiger charge is -2.33. The van der Waals surface area contributed by atoms with Crippen LogP contribution in [0.5, 0.6) is 0 Å². The Morgan fingerprint density at radius 3 is 2.54 bits per heavy atom. The van der Waals surface area contributed by atoms with Crippen molar-refractivity contribution in [3.63, 3.8) is 0 Å². The molecular formula is C20H27N5O3. The molecular weight excluding hydrogens is 358 g/mol. The number of carbonyl (C=O) groups is 2. The van der Waals surface area contributed by atoms with E-state index in [0.717, 1.165) is 32.0 Å². The number of amides is 1. The molecule has 0 unspecified atom stereocenters. The monoisotopic (exact) mass is 385 g/mol. The van der Waals surface area contributed by atoms with Crippen LogP contribution >= 0.6 is 0 Å². The molecule has 150 valence electrons. The van der Waals surface area contributed by atoms with Gasteiger partial charge in [0.15, 0.2) is 11.6 Å². The summed E-state index contributed by atoms with van der Waals surface area (Å²) in [6.45, 7) is 9.83. The van der Waals surface area contributed by atoms with Crippen LogP contribution in [0.25, 0.3) is 0 Å². The summed E-state index contributed by atoms with van der Waals surface area (Å²) in [5.41, 5.74) is 1.24. The van der Waals surface area contributed by atoms with Gasteiger partial charge in [0.05, 0.1) is 13.1 Å². The number of piperazine rings is 1. The van der Waals surface area contributed by atoms with Crippen LogP contribution in [0.1, 0.15) is 48.8 Å². The summed E-state index contributed by atoms with van der Waals surface area (Å²) in [7, 11) is 0. The summed E-state index contributed by atoms with van der Waals surface area (Å²) in [5, 5.41) is 6.86. The largest absolute Gasteiger partial charge is 0.338 e. The first-order valence-corrected chi connectivity index (χ1v) is 9.58. The number of ketones is 1. The van der Waals surface area contributed by atoms with E-state index < -0.39 is 0 Å². The fraction of sp³-hybridized carbons (Fsp3) is 0.500. The predicted molar refractivity (Wildman–Crippen MR) is 105 cm³/mol. The van der Waals surface area contributed by atoms with Crippen molar-refractivity contribution in [3.05, 3.63) is 41.5 Å². The van der Waals surface area contributed by atoms with Crippen molar-refractivity contribution in [2.24, 2.45) is 0 Å². The smallest absolute Gasteiger partial charge is 0.240 e. The highest BCUT2D eigenvalue weighted by Crippen LogP contribution is 2.13. The number of nitrogens with one attached hydrogen (secondary N) is 1. The van der Waals surface area contributed by atoms with Crippen molar-refractivity contribution < 1.29 is 14.1 Å². The Morgan fingerprint density at radius 1 is 1.18 bits per heavy atom. The molecule has 2 heterocycles. The van der Waals surface area contributed by atoms with Crippen molar-refractivity contribution in [3.8, 4) is 0 Å². The number of carbonyl (C=O) groups excluding carboxylic acids is 2. The maximum absolute atomic E-state index is 12.3. The van der Waals surface area contributed by atoms with Gasteiger partial charge in [-0.2, -0.15) is 4.98 Å². The fourth-order valence-corrected chi connectivity index (χ4v) is 3.08. The van der Waals surface area contributed by atoms with Gasteiger partial charge in [-0.1, -0.05) is 31.1 Å². The second kappa shape index (κ2) is 9.07. The molecule has 0 bridgehead atoms. The van der Waals surface area contributed by atoms with Crippen molar-refractivity contribution in [2.45, 2.75) is 33.2 Å². The van der Waals surface area contributed by atoms with Gasteiger partial charge in [0.2, 0.25) is 11.8 Å². The van der Waals surface area contributed by atoms with Gasteiger partial charge in [0.25, 0.3) is 0 Å². The van der Waals surface area contributed by atoms with E-state index in [9.17, 15) is 9.59 Å². The summed E-state index contributed by atoms with van der Waals surface area (Å²) in [6, 6.07) is 7.00. The van der Waals surface area contributed by atoms with Crippen LogP contribution in [-0.4, -0.2) is 64.4 Å². The van der Waals surface area contributed by atoms with Crippen LogP contribution in [0, 0.1) is 0 Å². The quantitative estimate of drug-likeness (QED) is 0.730. The highest BCUT2D eigenvalue weighted by molar-refractivity contribution is 5.97. The Morgan fingerprint density at radius 2 is 1.89 bits per heavy atom. The molecule has 1 aliphatic rings. The third-order valence-corrected chi connectivity index (χ3v) is 4.74. The molecule has 1 aliphatic heterocycles. The molecule has 0 atom stereocenters. The Kier molecular flexibility index (Phi) is 6.53. The van der Waals surface area contributed by atoms with Crippen molar-refractivity contribution in [1.29, 1.82) is 0 Å². The molecule has 1 aromatic heterocycles. The molecule has 8 nitrogen and oxygen atoms in total. The van der Waals surface area contributed by atoms with Crippen molar-refractivity contribution in [2.75, 3.05) is 38.0 Å². The minimum absolute atomic E-state index is 0.0195. The van der Waals surface area contributed by atoms with Crippen LogP contribution in [0.15, 0.2) is 28.8 Å². The van der Waals surface area contributed by atoms with E-state index in [1.165, 1.54) is 6.92 Å². The van der Waals surface area contributed by atoms with Crippen molar-refractivity contribution in [1.82, 2.24) is 19.9 Å². The maximum Gasteiger partial charge on any atom is 0.240 e. The van der Waals surface area contributed by atoms with Crippen LogP contribution in [-0.2, 0) is 11.3 Å². The molecule has 1 saturated heterocycles. The number of nitrogens with zero attached hydrogens (tertiary/aromatic N) is 4. The SMILES string of the molecule is CC(=O)c1cccc(NC(=O)CN2CCN(Cc3nc(C(C)C)no3)CC2)c1. The Labute approximate surface area is 164 Å². The van der Waals surface area contributed by atoms with E-state index in [0.29, 0.717) is 30.2 Å². The molecule has 8 heteroatoms. The fourth-order valence-electron chi connectivity index (χ4n) is 3.08. The predicted octanol–water partition coefficient (Wildman–Crippen LogP) is 2.15. The minimum atomic E-state index is -0.0763. The van der Waals surface area contributed by atoms with Crippen molar-refractivity contribution >= 4 is 17.4 Å². The highest BCUT2D eigenvalue weighted by Gasteiger charge is 2.21. The Hall–Kier alpha value is -2.58. The average Bonchev–Trinajstić information content (AvgIpc) is 3.12. The summed E-state index contributed by atoms with van der Waals surface area (Å²) in [5.74, 6) is 1.53. The Bertz CT molecular complexity index is 825. The zero-order valence-electron chi connectivity index (χ0n) is 16.6. The van der Waals surface area contributed by atoms with E-state index in [2.05, 4.69) is 25.3 Å². The van der Waals surface area contributed by atoms with E-state index in [1.807, 2.05) is 13.8 Å². The van der Waals surface area contributed by atoms with Gasteiger partial charge in [-0.25, -0.2) is 0 Å². The second-order valence-electron chi connectivity index (χ2n) is 7.44. The molecule has 0 spiro atoms. The molecule has 0 aliphatic carbocycles. The number of hydrogen-bond acceptors (Lipinski definition) is 7. The summed E-state index contributed by atoms with van der Waals surface area (Å²) < 4.78 is 5.31. The maximum atomic E-state index is 12.3. The molecule has 3 rings (SSSR count). The van der Waals surface area contributed by atoms with Gasteiger partial charge in [-0.05, 0) is 19.1 Å². The summed E-state index contributed by atoms with van der Waals surface area (Å²) in [4.78, 5) is 32.6. The molecule has 1 fully saturated rings. The van der Waals surface area contributed by atoms with E-state index in [-0.39, 0.29) is 17.6 Å². The lowest BCUT2D eigenvalue weighted by atomic mass is 10.1. The third kappa shape index (κ3) is 5.46. The number of Topliss-reactive ketones (excluding diaryl/α,β-unsaturated/α-hetero) is 1. The van der Waals surface area contributed by atoms with Crippen LogP contribution in [0.4, 0.5) is 5.69 Å². The third-order valence-electron chi connectivity index (χ3n) is 4.74. The van der Waals surface area contributed by atoms with Crippen LogP contribution in [0.3, 0.4) is 0 Å². The number of anilines is 1. The lowest BCUT2D eigenvalue weighted by Crippen LogP contribution is -2.48. The van der Waals surface area contributed by atoms with E-state index >= 15 is 0 Å². The molecule has 0 radical (unpaired) electrons. The lowest BCUT2D eigenvalue weighted by molar-refractivity contribution is -0.117. The number of benzene rings is 1. The average molecular weight is 385 g/mol. The number of aromatic nitrogens is 2. The topological polar surface area (TPSA) is 91.6 Å². The molecule has 1 amide bonds. The van der Waals surface area contributed by atoms with Gasteiger partial charge in [0.1, 0.15) is 0 Å². The van der Waals surface area contributed by atoms with Crippen LogP contribution < -0.4 is 5.32 Å². The zero-order valence-corrected chi connectivity index (χ0v) is 16.6. The van der Waals surface area contributed by atoms with Gasteiger partial charge < -0.3 is 9.84 Å². The number of rotatable bonds is 7. The highest BCUT2D eigenvalue weighted by atomic mass is 16.5. The second-order valence-corrected chi connectivity index (χ2v) is 7.44. The molecule has 2 aromatic rings. The molecule has 1 aromatic carbocycles. The van der Waals surface area contributed by atoms with Gasteiger partial charge >= 0.3 is 0 Å². The normalized spacial score (nSPS) is 15.7. The summed E-state index contributed by atoms with van der Waals surface area (Å²) >= 11 is 0. The zero-order chi connectivity index (χ0) is 20.1. The van der Waals surface area contributed by atoms with Gasteiger partial charge in [0, 0.05) is 43.3 Å². The standard InChI is InChI=1S/C20H27N5O3/c1-14(2)20-22-19(28-23-20)13-25-9-7-24(8-10-25)12-18(27)21-17-6-4-5-16(11-17)15(3)26/h4-6,11,14H,7-10,12-13H2,1-3H3,(H,21,27). The van der Waals surface area contributed by atoms with Gasteiger partial charge in [-0.3, -0.25) is 19.4 Å². The first kappa shape index (κ1) is 20.2. The minimum Gasteiger partial charge on any atom is -0.338 e. The first-order valence-electron chi connectivity index (χ1n) is 9.58. The molecule has 28 heavy (non-hydrogen) atoms. The first-order chi connectivity index (χ1) is 13.4. The number of hydrogen-bond donors (Lipinski definition) is 1. The van der Waals surface area contributed by atoms with Crippen LogP contribution in [0.2, 0.25) is 0 Å². The van der Waals surface area contributed by atoms with Gasteiger partial charge in [-0.15, -0.1) is 0 Å². The van der Waals surface area contributed by atoms with E-state index in [4.69, 9.17) is 4.52 Å². The van der Waals surface area contributed by atoms with E-state index in [1.54, 1.807) is 24.3 Å². The molecule has 0 saturated carbocycles. The molecule has 1 N–H and O–H groups in total.